The van der Waals surface area contributed by atoms with Crippen LogP contribution in [0.1, 0.15) is 32.6 Å². The van der Waals surface area contributed by atoms with Crippen LogP contribution in [0.5, 0.6) is 0 Å². The van der Waals surface area contributed by atoms with Gasteiger partial charge >= 0.3 is 7.82 Å². The zero-order chi connectivity index (χ0) is 19.4. The topological polar surface area (TPSA) is 134 Å². The zero-order valence-electron chi connectivity index (χ0n) is 15.1. The summed E-state index contributed by atoms with van der Waals surface area (Å²) in [4.78, 5) is 3.96. The molecule has 2 aromatic heterocycles. The van der Waals surface area contributed by atoms with Gasteiger partial charge in [0.2, 0.25) is 0 Å². The quantitative estimate of drug-likeness (QED) is 0.779. The summed E-state index contributed by atoms with van der Waals surface area (Å²) in [5.74, 6) is 0.319. The molecular formula is C16H20N5O5P. The number of hydrogen-bond donors (Lipinski definition) is 1. The van der Waals surface area contributed by atoms with Crippen LogP contribution in [0.3, 0.4) is 0 Å². The van der Waals surface area contributed by atoms with Gasteiger partial charge in [-0.15, -0.1) is 0 Å². The average molecular weight is 393 g/mol. The fraction of sp³-hybridized carbons (Fsp3) is 0.562. The molecule has 2 aromatic rings. The summed E-state index contributed by atoms with van der Waals surface area (Å²) in [6.07, 6.45) is -1.06. The van der Waals surface area contributed by atoms with Crippen molar-refractivity contribution in [3.63, 3.8) is 0 Å². The maximum absolute atomic E-state index is 12.8. The highest BCUT2D eigenvalue weighted by Crippen LogP contribution is 2.62. The van der Waals surface area contributed by atoms with Gasteiger partial charge in [-0.1, -0.05) is 0 Å². The smallest absolute Gasteiger partial charge is 0.382 e. The standard InChI is InChI=1S/C16H20N5O5P/c1-9(2)25-27(22)23-6-12-14(26-27)16(3,7-17)13(24-12)10-4-5-11-15(18)19-8-20-21(10)11/h4-5,8-9,12-14H,6H2,1-3H3,(H2,18,19,20)/t12-,13+,14-,16+,27+/m1/s1. The van der Waals surface area contributed by atoms with Crippen molar-refractivity contribution in [3.05, 3.63) is 24.2 Å². The summed E-state index contributed by atoms with van der Waals surface area (Å²) < 4.78 is 36.8. The van der Waals surface area contributed by atoms with E-state index in [9.17, 15) is 9.83 Å². The molecular weight excluding hydrogens is 373 g/mol. The molecule has 10 nitrogen and oxygen atoms in total. The summed E-state index contributed by atoms with van der Waals surface area (Å²) in [5.41, 5.74) is 5.99. The minimum atomic E-state index is -3.78. The van der Waals surface area contributed by atoms with Crippen LogP contribution in [-0.2, 0) is 22.9 Å². The van der Waals surface area contributed by atoms with Gasteiger partial charge in [-0.05, 0) is 32.9 Å². The van der Waals surface area contributed by atoms with Crippen molar-refractivity contribution in [1.82, 2.24) is 14.6 Å². The van der Waals surface area contributed by atoms with Gasteiger partial charge in [0, 0.05) is 0 Å². The van der Waals surface area contributed by atoms with Crippen molar-refractivity contribution >= 4 is 19.2 Å². The SMILES string of the molecule is CC(C)O[P@]1(=O)OC[C@H]2O[C@@H](c3ccc4c(N)ncnn34)[C@](C)(C#N)[C@@H]2O1. The van der Waals surface area contributed by atoms with Gasteiger partial charge < -0.3 is 10.5 Å². The number of phosphoric acid groups is 1. The van der Waals surface area contributed by atoms with Crippen molar-refractivity contribution in [2.75, 3.05) is 12.3 Å². The van der Waals surface area contributed by atoms with Gasteiger partial charge in [0.1, 0.15) is 35.6 Å². The van der Waals surface area contributed by atoms with E-state index in [1.54, 1.807) is 37.4 Å². The number of nitrogens with zero attached hydrogens (tertiary/aromatic N) is 4. The third-order valence-corrected chi connectivity index (χ3v) is 6.41. The molecule has 4 heterocycles. The third-order valence-electron chi connectivity index (χ3n) is 4.78. The minimum Gasteiger partial charge on any atom is -0.382 e. The van der Waals surface area contributed by atoms with E-state index in [1.807, 2.05) is 0 Å². The number of nitriles is 1. The van der Waals surface area contributed by atoms with E-state index in [4.69, 9.17) is 24.0 Å². The Balaban J connectivity index is 1.73. The highest BCUT2D eigenvalue weighted by molar-refractivity contribution is 7.48. The molecule has 2 saturated heterocycles. The van der Waals surface area contributed by atoms with Crippen LogP contribution in [0.15, 0.2) is 18.5 Å². The Morgan fingerprint density at radius 3 is 3.00 bits per heavy atom. The monoisotopic (exact) mass is 393 g/mol. The van der Waals surface area contributed by atoms with Crippen LogP contribution in [0.25, 0.3) is 5.52 Å². The van der Waals surface area contributed by atoms with Crippen LogP contribution in [-0.4, -0.2) is 39.5 Å². The van der Waals surface area contributed by atoms with Gasteiger partial charge in [-0.25, -0.2) is 14.1 Å². The maximum Gasteiger partial charge on any atom is 0.475 e. The largest absolute Gasteiger partial charge is 0.475 e. The molecule has 0 bridgehead atoms. The highest BCUT2D eigenvalue weighted by atomic mass is 31.2. The molecule has 4 rings (SSSR count). The summed E-state index contributed by atoms with van der Waals surface area (Å²) >= 11 is 0. The lowest BCUT2D eigenvalue weighted by molar-refractivity contribution is -0.0640. The summed E-state index contributed by atoms with van der Waals surface area (Å²) in [5, 5.41) is 14.2. The van der Waals surface area contributed by atoms with Crippen LogP contribution in [0.4, 0.5) is 5.82 Å². The zero-order valence-corrected chi connectivity index (χ0v) is 16.0. The first-order valence-electron chi connectivity index (χ1n) is 8.53. The first-order chi connectivity index (χ1) is 12.8. The van der Waals surface area contributed by atoms with Crippen LogP contribution in [0, 0.1) is 16.7 Å². The average Bonchev–Trinajstić information content (AvgIpc) is 3.15. The molecule has 0 amide bonds. The fourth-order valence-corrected chi connectivity index (χ4v) is 5.20. The predicted molar refractivity (Wildman–Crippen MR) is 93.4 cm³/mol. The number of fused-ring (bicyclic) bond motifs is 2. The number of rotatable bonds is 3. The van der Waals surface area contributed by atoms with E-state index in [0.717, 1.165) is 0 Å². The number of nitrogen functional groups attached to an aromatic ring is 1. The molecule has 0 radical (unpaired) electrons. The second kappa shape index (κ2) is 6.26. The Hall–Kier alpha value is -2.02. The van der Waals surface area contributed by atoms with E-state index in [-0.39, 0.29) is 12.7 Å². The van der Waals surface area contributed by atoms with E-state index >= 15 is 0 Å². The second-order valence-corrected chi connectivity index (χ2v) is 8.65. The number of phosphoric ester groups is 1. The van der Waals surface area contributed by atoms with Crippen LogP contribution < -0.4 is 5.73 Å². The number of anilines is 1. The molecule has 0 spiro atoms. The molecule has 0 aliphatic carbocycles. The lowest BCUT2D eigenvalue weighted by atomic mass is 9.79. The van der Waals surface area contributed by atoms with Gasteiger partial charge in [0.05, 0.1) is 24.5 Å². The number of ether oxygens (including phenoxy) is 1. The molecule has 2 N–H and O–H groups in total. The van der Waals surface area contributed by atoms with Gasteiger partial charge in [-0.2, -0.15) is 10.4 Å². The molecule has 27 heavy (non-hydrogen) atoms. The van der Waals surface area contributed by atoms with E-state index in [2.05, 4.69) is 16.2 Å². The lowest BCUT2D eigenvalue weighted by Crippen LogP contribution is -2.42. The van der Waals surface area contributed by atoms with Gasteiger partial charge in [0.15, 0.2) is 5.82 Å². The summed E-state index contributed by atoms with van der Waals surface area (Å²) in [6, 6.07) is 5.82. The minimum absolute atomic E-state index is 0.00284. The molecule has 144 valence electrons. The Labute approximate surface area is 155 Å². The third kappa shape index (κ3) is 2.83. The maximum atomic E-state index is 12.8. The van der Waals surface area contributed by atoms with Crippen LogP contribution in [0.2, 0.25) is 0 Å². The Bertz CT molecular complexity index is 972. The molecule has 5 atom stereocenters. The van der Waals surface area contributed by atoms with Crippen molar-refractivity contribution in [1.29, 1.82) is 5.26 Å². The normalized spacial score (nSPS) is 36.0. The van der Waals surface area contributed by atoms with Crippen molar-refractivity contribution in [2.45, 2.75) is 45.2 Å². The number of nitrogens with two attached hydrogens (primary N) is 1. The predicted octanol–water partition coefficient (Wildman–Crippen LogP) is 2.23. The fourth-order valence-electron chi connectivity index (χ4n) is 3.55. The van der Waals surface area contributed by atoms with Crippen LogP contribution >= 0.6 is 7.82 Å². The lowest BCUT2D eigenvalue weighted by Gasteiger charge is -2.34. The molecule has 11 heteroatoms. The number of hydrogen-bond acceptors (Lipinski definition) is 9. The molecule has 0 unspecified atom stereocenters. The van der Waals surface area contributed by atoms with E-state index < -0.39 is 31.5 Å². The molecule has 2 fully saturated rings. The van der Waals surface area contributed by atoms with Crippen molar-refractivity contribution in [2.24, 2.45) is 5.41 Å². The van der Waals surface area contributed by atoms with Crippen molar-refractivity contribution in [3.8, 4) is 6.07 Å². The summed E-state index contributed by atoms with van der Waals surface area (Å²) in [6.45, 7) is 5.17. The first kappa shape index (κ1) is 18.3. The van der Waals surface area contributed by atoms with E-state index in [0.29, 0.717) is 17.0 Å². The van der Waals surface area contributed by atoms with Crippen molar-refractivity contribution < 1.29 is 22.9 Å². The molecule has 0 saturated carbocycles. The molecule has 2 aliphatic rings. The first-order valence-corrected chi connectivity index (χ1v) is 9.99. The Morgan fingerprint density at radius 1 is 1.52 bits per heavy atom. The number of aromatic nitrogens is 3. The molecule has 0 aromatic carbocycles. The Kier molecular flexibility index (Phi) is 4.25. The second-order valence-electron chi connectivity index (χ2n) is 7.07. The van der Waals surface area contributed by atoms with Gasteiger partial charge in [0.25, 0.3) is 0 Å². The molecule has 2 aliphatic heterocycles. The summed E-state index contributed by atoms with van der Waals surface area (Å²) in [7, 11) is -3.78. The van der Waals surface area contributed by atoms with E-state index in [1.165, 1.54) is 6.33 Å². The Morgan fingerprint density at radius 2 is 2.30 bits per heavy atom. The highest BCUT2D eigenvalue weighted by Gasteiger charge is 2.61. The van der Waals surface area contributed by atoms with Gasteiger partial charge in [-0.3, -0.25) is 13.6 Å².